The highest BCUT2D eigenvalue weighted by Gasteiger charge is 2.40. The average molecular weight is 277 g/mol. The van der Waals surface area contributed by atoms with E-state index in [9.17, 15) is 0 Å². The minimum atomic E-state index is -1.86. The summed E-state index contributed by atoms with van der Waals surface area (Å²) >= 11 is 0. The second kappa shape index (κ2) is 6.03. The molecule has 1 rings (SSSR count). The van der Waals surface area contributed by atoms with Gasteiger partial charge in [-0.2, -0.15) is 0 Å². The van der Waals surface area contributed by atoms with E-state index in [-0.39, 0.29) is 17.2 Å². The van der Waals surface area contributed by atoms with Crippen molar-refractivity contribution in [1.29, 1.82) is 0 Å². The Morgan fingerprint density at radius 2 is 1.74 bits per heavy atom. The standard InChI is InChI=1S/C16H27NOSi/c1-7-14(17)15(13-11-9-8-10-12-13)18-19(5,6)16(2,3)4/h7-12,14-15H,1,17H2,2-6H3. The third-order valence-electron chi connectivity index (χ3n) is 3.98. The van der Waals surface area contributed by atoms with Crippen molar-refractivity contribution < 1.29 is 4.43 Å². The Hall–Kier alpha value is -0.903. The Labute approximate surface area is 118 Å². The molecule has 0 aliphatic carbocycles. The topological polar surface area (TPSA) is 35.2 Å². The Bertz CT molecular complexity index is 409. The van der Waals surface area contributed by atoms with Crippen LogP contribution in [0.15, 0.2) is 43.0 Å². The van der Waals surface area contributed by atoms with Crippen molar-refractivity contribution in [2.24, 2.45) is 5.73 Å². The van der Waals surface area contributed by atoms with Crippen LogP contribution in [0.3, 0.4) is 0 Å². The second-order valence-corrected chi connectivity index (χ2v) is 11.3. The summed E-state index contributed by atoms with van der Waals surface area (Å²) < 4.78 is 6.48. The van der Waals surface area contributed by atoms with Crippen LogP contribution in [0.2, 0.25) is 18.1 Å². The van der Waals surface area contributed by atoms with Gasteiger partial charge in [0.1, 0.15) is 0 Å². The van der Waals surface area contributed by atoms with E-state index in [4.69, 9.17) is 10.2 Å². The molecule has 0 spiro atoms. The lowest BCUT2D eigenvalue weighted by Crippen LogP contribution is -2.45. The Kier molecular flexibility index (Phi) is 5.13. The van der Waals surface area contributed by atoms with Gasteiger partial charge >= 0.3 is 0 Å². The summed E-state index contributed by atoms with van der Waals surface area (Å²) in [5, 5.41) is 0.168. The van der Waals surface area contributed by atoms with Crippen molar-refractivity contribution in [3.63, 3.8) is 0 Å². The van der Waals surface area contributed by atoms with Gasteiger partial charge in [-0.05, 0) is 23.7 Å². The molecule has 0 radical (unpaired) electrons. The summed E-state index contributed by atoms with van der Waals surface area (Å²) in [6.07, 6.45) is 1.66. The Balaban J connectivity index is 3.04. The molecule has 106 valence electrons. The minimum Gasteiger partial charge on any atom is -0.408 e. The Morgan fingerprint density at radius 1 is 1.21 bits per heavy atom. The number of hydrogen-bond donors (Lipinski definition) is 1. The largest absolute Gasteiger partial charge is 0.408 e. The normalized spacial score (nSPS) is 15.9. The van der Waals surface area contributed by atoms with Gasteiger partial charge in [0, 0.05) is 0 Å². The van der Waals surface area contributed by atoms with E-state index in [1.807, 2.05) is 18.2 Å². The fourth-order valence-corrected chi connectivity index (χ4v) is 2.91. The summed E-state index contributed by atoms with van der Waals surface area (Å²) in [7, 11) is -1.86. The highest BCUT2D eigenvalue weighted by molar-refractivity contribution is 6.74. The number of rotatable bonds is 5. The van der Waals surface area contributed by atoms with Gasteiger partial charge in [-0.1, -0.05) is 57.2 Å². The van der Waals surface area contributed by atoms with Gasteiger partial charge < -0.3 is 10.2 Å². The van der Waals surface area contributed by atoms with Gasteiger partial charge in [0.15, 0.2) is 8.32 Å². The molecule has 2 N–H and O–H groups in total. The molecule has 19 heavy (non-hydrogen) atoms. The zero-order valence-corrected chi connectivity index (χ0v) is 13.8. The molecule has 0 aliphatic rings. The van der Waals surface area contributed by atoms with Crippen LogP contribution in [-0.2, 0) is 4.43 Å². The van der Waals surface area contributed by atoms with Crippen LogP contribution in [0.5, 0.6) is 0 Å². The van der Waals surface area contributed by atoms with E-state index in [1.165, 1.54) is 0 Å². The maximum atomic E-state index is 6.48. The number of benzene rings is 1. The molecule has 0 aliphatic heterocycles. The van der Waals surface area contributed by atoms with Gasteiger partial charge in [0.2, 0.25) is 0 Å². The van der Waals surface area contributed by atoms with E-state index in [1.54, 1.807) is 6.08 Å². The average Bonchev–Trinajstić information content (AvgIpc) is 2.35. The molecule has 0 saturated carbocycles. The molecular formula is C16H27NOSi. The molecule has 0 fully saturated rings. The Morgan fingerprint density at radius 3 is 2.16 bits per heavy atom. The lowest BCUT2D eigenvalue weighted by molar-refractivity contribution is 0.169. The molecule has 1 aromatic carbocycles. The first kappa shape index (κ1) is 16.2. The molecule has 0 bridgehead atoms. The first-order chi connectivity index (χ1) is 8.69. The monoisotopic (exact) mass is 277 g/mol. The zero-order chi connectivity index (χ0) is 14.7. The second-order valence-electron chi connectivity index (χ2n) is 6.52. The van der Waals surface area contributed by atoms with Crippen molar-refractivity contribution in [1.82, 2.24) is 0 Å². The van der Waals surface area contributed by atoms with E-state index >= 15 is 0 Å². The van der Waals surface area contributed by atoms with Crippen molar-refractivity contribution in [2.75, 3.05) is 0 Å². The maximum Gasteiger partial charge on any atom is 0.193 e. The van der Waals surface area contributed by atoms with E-state index in [0.29, 0.717) is 0 Å². The molecule has 2 unspecified atom stereocenters. The summed E-state index contributed by atoms with van der Waals surface area (Å²) in [4.78, 5) is 0. The zero-order valence-electron chi connectivity index (χ0n) is 12.8. The third-order valence-corrected chi connectivity index (χ3v) is 8.43. The van der Waals surface area contributed by atoms with Crippen LogP contribution in [0, 0.1) is 0 Å². The van der Waals surface area contributed by atoms with E-state index < -0.39 is 8.32 Å². The van der Waals surface area contributed by atoms with E-state index in [2.05, 4.69) is 52.6 Å². The van der Waals surface area contributed by atoms with Crippen molar-refractivity contribution in [2.45, 2.75) is 51.0 Å². The van der Waals surface area contributed by atoms with Gasteiger partial charge in [-0.25, -0.2) is 0 Å². The van der Waals surface area contributed by atoms with Crippen LogP contribution in [0.4, 0.5) is 0 Å². The molecule has 3 heteroatoms. The molecule has 0 heterocycles. The predicted octanol–water partition coefficient (Wildman–Crippen LogP) is 4.26. The highest BCUT2D eigenvalue weighted by atomic mass is 28.4. The summed E-state index contributed by atoms with van der Waals surface area (Å²) in [5.41, 5.74) is 7.30. The molecule has 2 nitrogen and oxygen atoms in total. The lowest BCUT2D eigenvalue weighted by atomic mass is 10.0. The van der Waals surface area contributed by atoms with Gasteiger partial charge in [0.05, 0.1) is 12.1 Å². The van der Waals surface area contributed by atoms with Crippen molar-refractivity contribution >= 4 is 8.32 Å². The van der Waals surface area contributed by atoms with Crippen LogP contribution in [-0.4, -0.2) is 14.4 Å². The maximum absolute atomic E-state index is 6.48. The highest BCUT2D eigenvalue weighted by Crippen LogP contribution is 2.40. The van der Waals surface area contributed by atoms with Crippen molar-refractivity contribution in [3.05, 3.63) is 48.6 Å². The van der Waals surface area contributed by atoms with Gasteiger partial charge in [0.25, 0.3) is 0 Å². The molecule has 0 aromatic heterocycles. The minimum absolute atomic E-state index is 0.111. The smallest absolute Gasteiger partial charge is 0.193 e. The van der Waals surface area contributed by atoms with Crippen LogP contribution >= 0.6 is 0 Å². The quantitative estimate of drug-likeness (QED) is 0.644. The third kappa shape index (κ3) is 4.03. The predicted molar refractivity (Wildman–Crippen MR) is 85.6 cm³/mol. The van der Waals surface area contributed by atoms with Crippen LogP contribution in [0.1, 0.15) is 32.4 Å². The van der Waals surface area contributed by atoms with Crippen molar-refractivity contribution in [3.8, 4) is 0 Å². The van der Waals surface area contributed by atoms with Crippen LogP contribution < -0.4 is 5.73 Å². The van der Waals surface area contributed by atoms with Gasteiger partial charge in [-0.15, -0.1) is 6.58 Å². The fourth-order valence-electron chi connectivity index (χ4n) is 1.63. The fraction of sp³-hybridized carbons (Fsp3) is 0.500. The molecule has 0 amide bonds. The molecule has 2 atom stereocenters. The first-order valence-corrected chi connectivity index (χ1v) is 9.71. The molecular weight excluding hydrogens is 250 g/mol. The summed E-state index contributed by atoms with van der Waals surface area (Å²) in [6.45, 7) is 15.0. The van der Waals surface area contributed by atoms with Crippen LogP contribution in [0.25, 0.3) is 0 Å². The summed E-state index contributed by atoms with van der Waals surface area (Å²) in [6, 6.07) is 10.0. The molecule has 1 aromatic rings. The first-order valence-electron chi connectivity index (χ1n) is 6.80. The van der Waals surface area contributed by atoms with E-state index in [0.717, 1.165) is 5.56 Å². The summed E-state index contributed by atoms with van der Waals surface area (Å²) in [5.74, 6) is 0. The van der Waals surface area contributed by atoms with Gasteiger partial charge in [-0.3, -0.25) is 0 Å². The lowest BCUT2D eigenvalue weighted by Gasteiger charge is -2.40. The number of hydrogen-bond acceptors (Lipinski definition) is 2. The molecule has 0 saturated heterocycles. The number of nitrogens with two attached hydrogens (primary N) is 1. The SMILES string of the molecule is C=CC(N)C(O[Si](C)(C)C(C)(C)C)c1ccccc1.